The number of carbonyl (C=O) groups is 1. The lowest BCUT2D eigenvalue weighted by Crippen LogP contribution is -2.27. The predicted molar refractivity (Wildman–Crippen MR) is 93.9 cm³/mol. The summed E-state index contributed by atoms with van der Waals surface area (Å²) in [7, 11) is 3.73. The maximum Gasteiger partial charge on any atom is 0.238 e. The van der Waals surface area contributed by atoms with Crippen molar-refractivity contribution in [1.82, 2.24) is 9.80 Å². The molecule has 0 atom stereocenters. The van der Waals surface area contributed by atoms with Crippen molar-refractivity contribution in [3.63, 3.8) is 0 Å². The van der Waals surface area contributed by atoms with E-state index in [-0.39, 0.29) is 5.91 Å². The summed E-state index contributed by atoms with van der Waals surface area (Å²) in [6.45, 7) is 1.53. The summed E-state index contributed by atoms with van der Waals surface area (Å²) in [5.74, 6) is -0.0471. The highest BCUT2D eigenvalue weighted by atomic mass is 16.2. The van der Waals surface area contributed by atoms with Crippen LogP contribution in [0.4, 0.5) is 5.69 Å². The number of benzene rings is 2. The van der Waals surface area contributed by atoms with E-state index in [9.17, 15) is 10.1 Å². The van der Waals surface area contributed by atoms with Gasteiger partial charge in [-0.1, -0.05) is 30.3 Å². The van der Waals surface area contributed by atoms with Gasteiger partial charge in [0, 0.05) is 5.69 Å². The van der Waals surface area contributed by atoms with Crippen molar-refractivity contribution in [3.05, 3.63) is 53.6 Å². The van der Waals surface area contributed by atoms with Gasteiger partial charge < -0.3 is 15.1 Å². The fraction of sp³-hybridized carbons (Fsp3) is 0.263. The van der Waals surface area contributed by atoms with E-state index in [0.29, 0.717) is 19.6 Å². The molecule has 0 saturated carbocycles. The zero-order valence-corrected chi connectivity index (χ0v) is 13.9. The van der Waals surface area contributed by atoms with Crippen LogP contribution in [0.1, 0.15) is 11.1 Å². The molecule has 3 rings (SSSR count). The molecule has 1 aliphatic heterocycles. The Bertz CT molecular complexity index is 793. The van der Waals surface area contributed by atoms with Crippen LogP contribution in [0.5, 0.6) is 0 Å². The van der Waals surface area contributed by atoms with Gasteiger partial charge in [0.1, 0.15) is 0 Å². The summed E-state index contributed by atoms with van der Waals surface area (Å²) in [5.41, 5.74) is 5.20. The maximum absolute atomic E-state index is 12.1. The first-order valence-electron chi connectivity index (χ1n) is 7.87. The minimum absolute atomic E-state index is 0.0471. The normalized spacial score (nSPS) is 12.8. The molecule has 0 unspecified atom stereocenters. The Kier molecular flexibility index (Phi) is 4.50. The zero-order valence-electron chi connectivity index (χ0n) is 13.9. The maximum atomic E-state index is 12.1. The Labute approximate surface area is 142 Å². The molecule has 0 saturated heterocycles. The lowest BCUT2D eigenvalue weighted by molar-refractivity contribution is -0.116. The van der Waals surface area contributed by atoms with Crippen LogP contribution in [0, 0.1) is 11.5 Å². The van der Waals surface area contributed by atoms with E-state index in [2.05, 4.69) is 23.6 Å². The average molecular weight is 320 g/mol. The van der Waals surface area contributed by atoms with Gasteiger partial charge in [-0.25, -0.2) is 0 Å². The second-order valence-corrected chi connectivity index (χ2v) is 6.27. The van der Waals surface area contributed by atoms with Crippen LogP contribution < -0.4 is 5.32 Å². The van der Waals surface area contributed by atoms with Gasteiger partial charge in [0.15, 0.2) is 6.19 Å². The van der Waals surface area contributed by atoms with Crippen LogP contribution in [0.2, 0.25) is 0 Å². The molecule has 0 aromatic heterocycles. The molecule has 0 fully saturated rings. The molecule has 5 heteroatoms. The first-order valence-corrected chi connectivity index (χ1v) is 7.87. The van der Waals surface area contributed by atoms with Gasteiger partial charge in [-0.2, -0.15) is 5.26 Å². The molecule has 0 spiro atoms. The first-order chi connectivity index (χ1) is 11.6. The Morgan fingerprint density at radius 1 is 1.25 bits per heavy atom. The van der Waals surface area contributed by atoms with Gasteiger partial charge in [0.05, 0.1) is 19.6 Å². The molecule has 1 aliphatic rings. The Morgan fingerprint density at radius 2 is 2.00 bits per heavy atom. The summed E-state index contributed by atoms with van der Waals surface area (Å²) in [5, 5.41) is 12.2. The zero-order chi connectivity index (χ0) is 17.1. The Morgan fingerprint density at radius 3 is 2.67 bits per heavy atom. The van der Waals surface area contributed by atoms with E-state index >= 15 is 0 Å². The largest absolute Gasteiger partial charge is 0.325 e. The third-order valence-corrected chi connectivity index (χ3v) is 4.02. The molecule has 5 nitrogen and oxygen atoms in total. The molecule has 2 aromatic rings. The smallest absolute Gasteiger partial charge is 0.238 e. The fourth-order valence-electron chi connectivity index (χ4n) is 3.02. The van der Waals surface area contributed by atoms with E-state index in [1.165, 1.54) is 0 Å². The monoisotopic (exact) mass is 320 g/mol. The van der Waals surface area contributed by atoms with Crippen LogP contribution in [0.3, 0.4) is 0 Å². The highest BCUT2D eigenvalue weighted by molar-refractivity contribution is 5.93. The summed E-state index contributed by atoms with van der Waals surface area (Å²) in [4.78, 5) is 15.6. The Balaban J connectivity index is 1.99. The van der Waals surface area contributed by atoms with Gasteiger partial charge in [0.2, 0.25) is 5.91 Å². The standard InChI is InChI=1S/C19H20N4O/c1-22(2)12-19(24)21-16-8-15-10-23(13-20)11-18(15)17(9-16)14-6-4-3-5-7-14/h3-9H,10-12H2,1-2H3,(H,21,24). The molecular formula is C19H20N4O. The number of nitrogens with zero attached hydrogens (tertiary/aromatic N) is 3. The van der Waals surface area contributed by atoms with Crippen LogP contribution in [-0.4, -0.2) is 36.3 Å². The van der Waals surface area contributed by atoms with Crippen molar-refractivity contribution < 1.29 is 4.79 Å². The van der Waals surface area contributed by atoms with Crippen LogP contribution in [0.25, 0.3) is 11.1 Å². The number of anilines is 1. The topological polar surface area (TPSA) is 59.4 Å². The van der Waals surface area contributed by atoms with Crippen molar-refractivity contribution in [3.8, 4) is 17.3 Å². The molecule has 24 heavy (non-hydrogen) atoms. The molecule has 1 amide bonds. The summed E-state index contributed by atoms with van der Waals surface area (Å²) >= 11 is 0. The number of amides is 1. The second-order valence-electron chi connectivity index (χ2n) is 6.27. The van der Waals surface area contributed by atoms with Gasteiger partial charge in [-0.3, -0.25) is 4.79 Å². The fourth-order valence-corrected chi connectivity index (χ4v) is 3.02. The van der Waals surface area contributed by atoms with Crippen LogP contribution in [0.15, 0.2) is 42.5 Å². The first kappa shape index (κ1) is 16.0. The SMILES string of the molecule is CN(C)CC(=O)Nc1cc2c(c(-c3ccccc3)c1)CN(C#N)C2. The van der Waals surface area contributed by atoms with Crippen LogP contribution >= 0.6 is 0 Å². The lowest BCUT2D eigenvalue weighted by Gasteiger charge is -2.14. The quantitative estimate of drug-likeness (QED) is 0.880. The van der Waals surface area contributed by atoms with Crippen molar-refractivity contribution in [1.29, 1.82) is 5.26 Å². The molecule has 0 radical (unpaired) electrons. The van der Waals surface area contributed by atoms with E-state index in [4.69, 9.17) is 0 Å². The number of carbonyl (C=O) groups excluding carboxylic acids is 1. The summed E-state index contributed by atoms with van der Waals surface area (Å²) < 4.78 is 0. The third kappa shape index (κ3) is 3.39. The number of nitrogens with one attached hydrogen (secondary N) is 1. The lowest BCUT2D eigenvalue weighted by atomic mass is 9.96. The molecule has 1 heterocycles. The highest BCUT2D eigenvalue weighted by Gasteiger charge is 2.23. The minimum Gasteiger partial charge on any atom is -0.325 e. The number of fused-ring (bicyclic) bond motifs is 1. The van der Waals surface area contributed by atoms with E-state index in [1.807, 2.05) is 49.3 Å². The molecule has 0 bridgehead atoms. The van der Waals surface area contributed by atoms with Gasteiger partial charge in [0.25, 0.3) is 0 Å². The number of nitriles is 1. The van der Waals surface area contributed by atoms with Crippen LogP contribution in [-0.2, 0) is 17.9 Å². The van der Waals surface area contributed by atoms with Gasteiger partial charge >= 0.3 is 0 Å². The van der Waals surface area contributed by atoms with Crippen molar-refractivity contribution in [2.75, 3.05) is 26.0 Å². The average Bonchev–Trinajstić information content (AvgIpc) is 2.97. The molecule has 2 aromatic carbocycles. The highest BCUT2D eigenvalue weighted by Crippen LogP contribution is 2.35. The van der Waals surface area contributed by atoms with E-state index < -0.39 is 0 Å². The number of hydrogen-bond acceptors (Lipinski definition) is 4. The third-order valence-electron chi connectivity index (χ3n) is 4.02. The minimum atomic E-state index is -0.0471. The number of hydrogen-bond donors (Lipinski definition) is 1. The summed E-state index contributed by atoms with van der Waals surface area (Å²) in [6, 6.07) is 14.1. The van der Waals surface area contributed by atoms with Gasteiger partial charge in [-0.15, -0.1) is 0 Å². The second kappa shape index (κ2) is 6.73. The summed E-state index contributed by atoms with van der Waals surface area (Å²) in [6.07, 6.45) is 2.22. The molecular weight excluding hydrogens is 300 g/mol. The van der Waals surface area contributed by atoms with Crippen molar-refractivity contribution >= 4 is 11.6 Å². The molecule has 1 N–H and O–H groups in total. The van der Waals surface area contributed by atoms with Gasteiger partial charge in [-0.05, 0) is 48.5 Å². The van der Waals surface area contributed by atoms with Crippen molar-refractivity contribution in [2.45, 2.75) is 13.1 Å². The van der Waals surface area contributed by atoms with Crippen molar-refractivity contribution in [2.24, 2.45) is 0 Å². The Hall–Kier alpha value is -2.84. The predicted octanol–water partition coefficient (Wildman–Crippen LogP) is 2.65. The number of rotatable bonds is 4. The van der Waals surface area contributed by atoms with E-state index in [0.717, 1.165) is 27.9 Å². The molecule has 122 valence electrons. The number of likely N-dealkylation sites (N-methyl/N-ethyl adjacent to an activating group) is 1. The molecule has 0 aliphatic carbocycles. The van der Waals surface area contributed by atoms with E-state index in [1.54, 1.807) is 4.90 Å².